The zero-order valence-corrected chi connectivity index (χ0v) is 10.8. The van der Waals surface area contributed by atoms with E-state index in [1.54, 1.807) is 0 Å². The van der Waals surface area contributed by atoms with Gasteiger partial charge in [-0.05, 0) is 18.2 Å². The van der Waals surface area contributed by atoms with Gasteiger partial charge in [-0.15, -0.1) is 0 Å². The Balaban J connectivity index is 2.74. The Kier molecular flexibility index (Phi) is 5.12. The maximum absolute atomic E-state index is 13.3. The molecule has 116 valence electrons. The summed E-state index contributed by atoms with van der Waals surface area (Å²) in [6.07, 6.45) is -4.67. The van der Waals surface area contributed by atoms with Gasteiger partial charge in [0.15, 0.2) is 0 Å². The number of urea groups is 1. The summed E-state index contributed by atoms with van der Waals surface area (Å²) in [7, 11) is 0. The van der Waals surface area contributed by atoms with Crippen LogP contribution in [-0.2, 0) is 11.0 Å². The molecule has 1 aromatic carbocycles. The van der Waals surface area contributed by atoms with Crippen LogP contribution in [0.2, 0.25) is 0 Å². The summed E-state index contributed by atoms with van der Waals surface area (Å²) < 4.78 is 50.7. The molecule has 0 aliphatic carbocycles. The SMILES string of the molecule is CC(CNC(=O)Nc1cc(C(F)(F)F)ccc1F)C(=O)O. The van der Waals surface area contributed by atoms with Crippen molar-refractivity contribution >= 4 is 17.7 Å². The molecule has 1 unspecified atom stereocenters. The molecule has 0 bridgehead atoms. The van der Waals surface area contributed by atoms with Crippen LogP contribution in [0.4, 0.5) is 28.0 Å². The van der Waals surface area contributed by atoms with Gasteiger partial charge in [-0.1, -0.05) is 6.92 Å². The lowest BCUT2D eigenvalue weighted by Crippen LogP contribution is -2.34. The average molecular weight is 308 g/mol. The van der Waals surface area contributed by atoms with Crippen molar-refractivity contribution in [3.05, 3.63) is 29.6 Å². The Labute approximate surface area is 117 Å². The minimum atomic E-state index is -4.67. The van der Waals surface area contributed by atoms with Crippen molar-refractivity contribution in [1.29, 1.82) is 0 Å². The number of aliphatic carboxylic acids is 1. The molecule has 0 aliphatic heterocycles. The number of hydrogen-bond donors (Lipinski definition) is 3. The summed E-state index contributed by atoms with van der Waals surface area (Å²) in [6.45, 7) is 1.08. The van der Waals surface area contributed by atoms with Crippen LogP contribution in [0, 0.1) is 11.7 Å². The Morgan fingerprint density at radius 3 is 2.48 bits per heavy atom. The number of hydrogen-bond acceptors (Lipinski definition) is 2. The molecule has 0 saturated carbocycles. The molecule has 0 spiro atoms. The second-order valence-electron chi connectivity index (χ2n) is 4.27. The lowest BCUT2D eigenvalue weighted by atomic mass is 10.2. The third-order valence-corrected chi connectivity index (χ3v) is 2.53. The number of alkyl halides is 3. The van der Waals surface area contributed by atoms with Crippen LogP contribution < -0.4 is 10.6 Å². The van der Waals surface area contributed by atoms with Gasteiger partial charge in [0, 0.05) is 6.54 Å². The summed E-state index contributed by atoms with van der Waals surface area (Å²) in [6, 6.07) is 0.583. The van der Waals surface area contributed by atoms with Crippen LogP contribution in [0.5, 0.6) is 0 Å². The molecular weight excluding hydrogens is 296 g/mol. The molecule has 2 amide bonds. The molecule has 1 aromatic rings. The molecule has 5 nitrogen and oxygen atoms in total. The maximum atomic E-state index is 13.3. The molecule has 1 rings (SSSR count). The number of rotatable bonds is 4. The third kappa shape index (κ3) is 4.93. The van der Waals surface area contributed by atoms with E-state index in [1.165, 1.54) is 6.92 Å². The molecule has 0 heterocycles. The van der Waals surface area contributed by atoms with Gasteiger partial charge in [-0.25, -0.2) is 9.18 Å². The normalized spacial score (nSPS) is 12.6. The van der Waals surface area contributed by atoms with E-state index in [9.17, 15) is 27.2 Å². The van der Waals surface area contributed by atoms with Gasteiger partial charge < -0.3 is 15.7 Å². The molecule has 1 atom stereocenters. The lowest BCUT2D eigenvalue weighted by molar-refractivity contribution is -0.141. The standard InChI is InChI=1S/C12H12F4N2O3/c1-6(10(19)20)5-17-11(21)18-9-4-7(12(14,15)16)2-3-8(9)13/h2-4,6H,5H2,1H3,(H,19,20)(H2,17,18,21). The monoisotopic (exact) mass is 308 g/mol. The predicted octanol–water partition coefficient (Wildman–Crippen LogP) is 2.69. The summed E-state index contributed by atoms with van der Waals surface area (Å²) in [5, 5.41) is 12.6. The minimum Gasteiger partial charge on any atom is -0.481 e. The van der Waals surface area contributed by atoms with Crippen molar-refractivity contribution in [1.82, 2.24) is 5.32 Å². The van der Waals surface area contributed by atoms with Gasteiger partial charge in [0.1, 0.15) is 5.82 Å². The predicted molar refractivity (Wildman–Crippen MR) is 65.2 cm³/mol. The number of amides is 2. The number of benzene rings is 1. The second kappa shape index (κ2) is 6.42. The first-order chi connectivity index (χ1) is 9.61. The average Bonchev–Trinajstić information content (AvgIpc) is 2.37. The second-order valence-corrected chi connectivity index (χ2v) is 4.27. The molecule has 0 aromatic heterocycles. The number of nitrogens with one attached hydrogen (secondary N) is 2. The summed E-state index contributed by atoms with van der Waals surface area (Å²) in [5.74, 6) is -3.08. The first-order valence-electron chi connectivity index (χ1n) is 5.75. The van der Waals surface area contributed by atoms with E-state index in [-0.39, 0.29) is 6.54 Å². The number of carboxylic acid groups (broad SMARTS) is 1. The zero-order chi connectivity index (χ0) is 16.2. The molecule has 0 aliphatic rings. The van der Waals surface area contributed by atoms with Crippen LogP contribution in [0.15, 0.2) is 18.2 Å². The summed E-state index contributed by atoms with van der Waals surface area (Å²) in [4.78, 5) is 21.9. The first kappa shape index (κ1) is 16.7. The maximum Gasteiger partial charge on any atom is 0.416 e. The van der Waals surface area contributed by atoms with Gasteiger partial charge in [0.05, 0.1) is 17.2 Å². The Hall–Kier alpha value is -2.32. The fraction of sp³-hybridized carbons (Fsp3) is 0.333. The van der Waals surface area contributed by atoms with E-state index < -0.39 is 41.2 Å². The zero-order valence-electron chi connectivity index (χ0n) is 10.8. The van der Waals surface area contributed by atoms with Crippen LogP contribution in [0.25, 0.3) is 0 Å². The van der Waals surface area contributed by atoms with Crippen LogP contribution in [-0.4, -0.2) is 23.7 Å². The van der Waals surface area contributed by atoms with Crippen LogP contribution in [0.1, 0.15) is 12.5 Å². The molecule has 9 heteroatoms. The molecule has 3 N–H and O–H groups in total. The van der Waals surface area contributed by atoms with Gasteiger partial charge in [-0.3, -0.25) is 4.79 Å². The van der Waals surface area contributed by atoms with E-state index in [0.29, 0.717) is 18.2 Å². The largest absolute Gasteiger partial charge is 0.481 e. The van der Waals surface area contributed by atoms with Gasteiger partial charge in [0.25, 0.3) is 0 Å². The third-order valence-electron chi connectivity index (χ3n) is 2.53. The smallest absolute Gasteiger partial charge is 0.416 e. The van der Waals surface area contributed by atoms with E-state index in [4.69, 9.17) is 5.11 Å². The van der Waals surface area contributed by atoms with E-state index in [2.05, 4.69) is 5.32 Å². The Bertz CT molecular complexity index is 546. The fourth-order valence-corrected chi connectivity index (χ4v) is 1.30. The minimum absolute atomic E-state index is 0.248. The lowest BCUT2D eigenvalue weighted by Gasteiger charge is -2.12. The van der Waals surface area contributed by atoms with E-state index in [0.717, 1.165) is 0 Å². The van der Waals surface area contributed by atoms with Gasteiger partial charge in [0.2, 0.25) is 0 Å². The van der Waals surface area contributed by atoms with E-state index >= 15 is 0 Å². The topological polar surface area (TPSA) is 78.4 Å². The molecule has 0 fully saturated rings. The van der Waals surface area contributed by atoms with Gasteiger partial charge >= 0.3 is 18.2 Å². The molecule has 21 heavy (non-hydrogen) atoms. The van der Waals surface area contributed by atoms with Crippen LogP contribution >= 0.6 is 0 Å². The summed E-state index contributed by atoms with van der Waals surface area (Å²) >= 11 is 0. The molecular formula is C12H12F4N2O3. The highest BCUT2D eigenvalue weighted by atomic mass is 19.4. The van der Waals surface area contributed by atoms with Crippen molar-refractivity contribution in [2.45, 2.75) is 13.1 Å². The Morgan fingerprint density at radius 2 is 1.95 bits per heavy atom. The Morgan fingerprint density at radius 1 is 1.33 bits per heavy atom. The highest BCUT2D eigenvalue weighted by Crippen LogP contribution is 2.31. The van der Waals surface area contributed by atoms with E-state index in [1.807, 2.05) is 5.32 Å². The van der Waals surface area contributed by atoms with Crippen molar-refractivity contribution in [2.75, 3.05) is 11.9 Å². The van der Waals surface area contributed by atoms with Crippen molar-refractivity contribution < 1.29 is 32.3 Å². The number of carboxylic acids is 1. The van der Waals surface area contributed by atoms with Crippen molar-refractivity contribution in [3.8, 4) is 0 Å². The number of carbonyl (C=O) groups is 2. The number of anilines is 1. The highest BCUT2D eigenvalue weighted by molar-refractivity contribution is 5.89. The molecule has 0 radical (unpaired) electrons. The van der Waals surface area contributed by atoms with Gasteiger partial charge in [-0.2, -0.15) is 13.2 Å². The van der Waals surface area contributed by atoms with Crippen molar-refractivity contribution in [3.63, 3.8) is 0 Å². The molecule has 0 saturated heterocycles. The number of halogens is 4. The van der Waals surface area contributed by atoms with Crippen molar-refractivity contribution in [2.24, 2.45) is 5.92 Å². The highest BCUT2D eigenvalue weighted by Gasteiger charge is 2.31. The quantitative estimate of drug-likeness (QED) is 0.748. The van der Waals surface area contributed by atoms with Crippen LogP contribution in [0.3, 0.4) is 0 Å². The fourth-order valence-electron chi connectivity index (χ4n) is 1.30. The first-order valence-corrected chi connectivity index (χ1v) is 5.75. The summed E-state index contributed by atoms with van der Waals surface area (Å²) in [5.41, 5.74) is -1.76. The number of carbonyl (C=O) groups excluding carboxylic acids is 1.